The highest BCUT2D eigenvalue weighted by atomic mass is 16.1. The van der Waals surface area contributed by atoms with Gasteiger partial charge in [-0.15, -0.1) is 0 Å². The fourth-order valence-electron chi connectivity index (χ4n) is 4.48. The van der Waals surface area contributed by atoms with Gasteiger partial charge in [0.15, 0.2) is 0 Å². The average molecular weight is 381 g/mol. The molecule has 0 aliphatic carbocycles. The fraction of sp³-hybridized carbons (Fsp3) is 0.480. The highest BCUT2D eigenvalue weighted by Crippen LogP contribution is 2.26. The number of hydrogen-bond donors (Lipinski definition) is 0. The van der Waals surface area contributed by atoms with Gasteiger partial charge in [0.05, 0.1) is 0 Å². The van der Waals surface area contributed by atoms with Crippen molar-refractivity contribution in [3.8, 4) is 0 Å². The predicted octanol–water partition coefficient (Wildman–Crippen LogP) is 5.19. The molecule has 2 rings (SSSR count). The van der Waals surface area contributed by atoms with Crippen LogP contribution in [0.2, 0.25) is 0 Å². The molecule has 0 aromatic heterocycles. The molecule has 2 aromatic carbocycles. The maximum Gasteiger partial charge on any atom is 0.133 e. The number of ketones is 1. The summed E-state index contributed by atoms with van der Waals surface area (Å²) in [6.45, 7) is 8.59. The molecule has 152 valence electrons. The molecular formula is C25H36N2O. The molecular weight excluding hydrogens is 344 g/mol. The van der Waals surface area contributed by atoms with Crippen molar-refractivity contribution >= 4 is 17.2 Å². The lowest BCUT2D eigenvalue weighted by Crippen LogP contribution is -2.13. The van der Waals surface area contributed by atoms with Gasteiger partial charge in [-0.05, 0) is 73.9 Å². The largest absolute Gasteiger partial charge is 0.377 e. The molecule has 0 bridgehead atoms. The molecule has 2 aromatic rings. The summed E-state index contributed by atoms with van der Waals surface area (Å²) >= 11 is 0. The summed E-state index contributed by atoms with van der Waals surface area (Å²) < 4.78 is 0. The Bertz CT molecular complexity index is 734. The SMILES string of the molecule is Cc1cc(CCC(=O)CCc2cc(C)c(N(C)C)c(C)c2)cc(C)c1N(C)C. The molecule has 0 unspecified atom stereocenters. The molecule has 0 saturated carbocycles. The average Bonchev–Trinajstić information content (AvgIpc) is 2.56. The standard InChI is InChI=1S/C25H36N2O/c1-17-13-21(14-18(2)24(17)26(5)6)9-11-23(28)12-10-22-15-19(3)25(27(7)8)20(4)16-22/h13-16H,9-12H2,1-8H3. The van der Waals surface area contributed by atoms with Crippen molar-refractivity contribution in [2.45, 2.75) is 53.4 Å². The lowest BCUT2D eigenvalue weighted by atomic mass is 9.97. The van der Waals surface area contributed by atoms with Crippen LogP contribution in [0.15, 0.2) is 24.3 Å². The second-order valence-electron chi connectivity index (χ2n) is 8.48. The van der Waals surface area contributed by atoms with Crippen molar-refractivity contribution in [1.29, 1.82) is 0 Å². The van der Waals surface area contributed by atoms with Gasteiger partial charge in [-0.25, -0.2) is 0 Å². The molecule has 0 N–H and O–H groups in total. The second kappa shape index (κ2) is 9.27. The Hall–Kier alpha value is -2.29. The smallest absolute Gasteiger partial charge is 0.133 e. The number of rotatable bonds is 8. The zero-order valence-electron chi connectivity index (χ0n) is 18.9. The van der Waals surface area contributed by atoms with Gasteiger partial charge in [-0.1, -0.05) is 24.3 Å². The number of hydrogen-bond acceptors (Lipinski definition) is 3. The normalized spacial score (nSPS) is 10.9. The molecule has 3 nitrogen and oxygen atoms in total. The summed E-state index contributed by atoms with van der Waals surface area (Å²) in [7, 11) is 8.31. The number of anilines is 2. The van der Waals surface area contributed by atoms with Gasteiger partial charge >= 0.3 is 0 Å². The highest BCUT2D eigenvalue weighted by Gasteiger charge is 2.11. The van der Waals surface area contributed by atoms with E-state index in [1.807, 2.05) is 0 Å². The Morgan fingerprint density at radius 1 is 0.643 bits per heavy atom. The van der Waals surface area contributed by atoms with E-state index in [9.17, 15) is 4.79 Å². The summed E-state index contributed by atoms with van der Waals surface area (Å²) in [6, 6.07) is 8.90. The van der Waals surface area contributed by atoms with Crippen LogP contribution in [-0.2, 0) is 17.6 Å². The third kappa shape index (κ3) is 5.37. The topological polar surface area (TPSA) is 23.6 Å². The van der Waals surface area contributed by atoms with E-state index in [1.165, 1.54) is 44.8 Å². The van der Waals surface area contributed by atoms with E-state index in [1.54, 1.807) is 0 Å². The first kappa shape index (κ1) is 22.0. The first-order valence-electron chi connectivity index (χ1n) is 10.2. The van der Waals surface area contributed by atoms with E-state index < -0.39 is 0 Å². The van der Waals surface area contributed by atoms with Crippen molar-refractivity contribution in [3.63, 3.8) is 0 Å². The van der Waals surface area contributed by atoms with Crippen LogP contribution < -0.4 is 9.80 Å². The van der Waals surface area contributed by atoms with E-state index >= 15 is 0 Å². The van der Waals surface area contributed by atoms with Crippen LogP contribution in [0.25, 0.3) is 0 Å². The fourth-order valence-corrected chi connectivity index (χ4v) is 4.48. The third-order valence-electron chi connectivity index (χ3n) is 5.38. The van der Waals surface area contributed by atoms with Crippen molar-refractivity contribution < 1.29 is 4.79 Å². The van der Waals surface area contributed by atoms with Gasteiger partial charge in [0.1, 0.15) is 5.78 Å². The molecule has 0 aliphatic heterocycles. The maximum atomic E-state index is 12.5. The molecule has 0 aliphatic rings. The molecule has 3 heteroatoms. The van der Waals surface area contributed by atoms with Crippen LogP contribution in [0.4, 0.5) is 11.4 Å². The minimum absolute atomic E-state index is 0.346. The van der Waals surface area contributed by atoms with Gasteiger partial charge in [0.25, 0.3) is 0 Å². The lowest BCUT2D eigenvalue weighted by molar-refractivity contribution is -0.119. The molecule has 28 heavy (non-hydrogen) atoms. The lowest BCUT2D eigenvalue weighted by Gasteiger charge is -2.20. The van der Waals surface area contributed by atoms with Crippen molar-refractivity contribution in [1.82, 2.24) is 0 Å². The van der Waals surface area contributed by atoms with Crippen LogP contribution in [-0.4, -0.2) is 34.0 Å². The summed E-state index contributed by atoms with van der Waals surface area (Å²) in [4.78, 5) is 16.8. The molecule has 0 atom stereocenters. The van der Waals surface area contributed by atoms with Gasteiger partial charge in [0.2, 0.25) is 0 Å². The predicted molar refractivity (Wildman–Crippen MR) is 122 cm³/mol. The molecule has 0 heterocycles. The van der Waals surface area contributed by atoms with E-state index in [0.717, 1.165) is 12.8 Å². The van der Waals surface area contributed by atoms with Crippen molar-refractivity contribution in [3.05, 3.63) is 57.6 Å². The highest BCUT2D eigenvalue weighted by molar-refractivity contribution is 5.79. The monoisotopic (exact) mass is 380 g/mol. The number of benzene rings is 2. The van der Waals surface area contributed by atoms with E-state index in [-0.39, 0.29) is 0 Å². The van der Waals surface area contributed by atoms with Crippen molar-refractivity contribution in [2.75, 3.05) is 38.0 Å². The molecule has 0 amide bonds. The quantitative estimate of drug-likeness (QED) is 0.630. The Labute approximate surface area is 171 Å². The van der Waals surface area contributed by atoms with Crippen LogP contribution in [0.1, 0.15) is 46.2 Å². The number of carbonyl (C=O) groups excluding carboxylic acids is 1. The Kier molecular flexibility index (Phi) is 7.29. The Balaban J connectivity index is 1.95. The Morgan fingerprint density at radius 3 is 1.18 bits per heavy atom. The minimum atomic E-state index is 0.346. The zero-order valence-corrected chi connectivity index (χ0v) is 18.9. The number of carbonyl (C=O) groups is 1. The summed E-state index contributed by atoms with van der Waals surface area (Å²) in [6.07, 6.45) is 2.89. The zero-order chi connectivity index (χ0) is 21.0. The molecule has 0 saturated heterocycles. The summed E-state index contributed by atoms with van der Waals surface area (Å²) in [5.41, 5.74) is 10.2. The minimum Gasteiger partial charge on any atom is -0.377 e. The maximum absolute atomic E-state index is 12.5. The second-order valence-corrected chi connectivity index (χ2v) is 8.48. The van der Waals surface area contributed by atoms with Gasteiger partial charge in [-0.3, -0.25) is 4.79 Å². The summed E-state index contributed by atoms with van der Waals surface area (Å²) in [5, 5.41) is 0. The van der Waals surface area contributed by atoms with Crippen LogP contribution in [0, 0.1) is 27.7 Å². The van der Waals surface area contributed by atoms with Crippen molar-refractivity contribution in [2.24, 2.45) is 0 Å². The number of Topliss-reactive ketones (excluding diaryl/α,β-unsaturated/α-hetero) is 1. The van der Waals surface area contributed by atoms with E-state index in [0.29, 0.717) is 18.6 Å². The molecule has 0 spiro atoms. The molecule has 0 fully saturated rings. The van der Waals surface area contributed by atoms with Gasteiger partial charge in [-0.2, -0.15) is 0 Å². The number of aryl methyl sites for hydroxylation is 6. The van der Waals surface area contributed by atoms with Crippen LogP contribution >= 0.6 is 0 Å². The molecule has 0 radical (unpaired) electrons. The first-order valence-corrected chi connectivity index (χ1v) is 10.2. The summed E-state index contributed by atoms with van der Waals surface area (Å²) in [5.74, 6) is 0.346. The van der Waals surface area contributed by atoms with Crippen LogP contribution in [0.5, 0.6) is 0 Å². The number of nitrogens with zero attached hydrogens (tertiary/aromatic N) is 2. The third-order valence-corrected chi connectivity index (χ3v) is 5.38. The Morgan fingerprint density at radius 2 is 0.929 bits per heavy atom. The van der Waals surface area contributed by atoms with Gasteiger partial charge in [0, 0.05) is 52.4 Å². The van der Waals surface area contributed by atoms with E-state index in [2.05, 4.69) is 90.0 Å². The van der Waals surface area contributed by atoms with Crippen LogP contribution in [0.3, 0.4) is 0 Å². The van der Waals surface area contributed by atoms with Gasteiger partial charge < -0.3 is 9.80 Å². The van der Waals surface area contributed by atoms with E-state index in [4.69, 9.17) is 0 Å². The first-order chi connectivity index (χ1) is 13.1.